The minimum absolute atomic E-state index is 0.0366. The van der Waals surface area contributed by atoms with Crippen LogP contribution >= 0.6 is 0 Å². The number of nitrogens with zero attached hydrogens (tertiary/aromatic N) is 2. The molecule has 0 unspecified atom stereocenters. The van der Waals surface area contributed by atoms with Crippen molar-refractivity contribution in [1.29, 1.82) is 0 Å². The predicted molar refractivity (Wildman–Crippen MR) is 134 cm³/mol. The number of hydrogen-bond acceptors (Lipinski definition) is 8. The van der Waals surface area contributed by atoms with Gasteiger partial charge in [0.2, 0.25) is 5.95 Å². The van der Waals surface area contributed by atoms with Gasteiger partial charge in [0.05, 0.1) is 23.9 Å². The van der Waals surface area contributed by atoms with Crippen molar-refractivity contribution in [3.8, 4) is 0 Å². The second kappa shape index (κ2) is 10.1. The zero-order valence-corrected chi connectivity index (χ0v) is 21.7. The molecule has 2 heterocycles. The fourth-order valence-corrected chi connectivity index (χ4v) is 4.43. The molecule has 8 nitrogen and oxygen atoms in total. The molecule has 1 aliphatic carbocycles. The number of hydrogen-bond donors (Lipinski definition) is 2. The smallest absolute Gasteiger partial charge is 0.465 e. The Bertz CT molecular complexity index is 1140. The minimum atomic E-state index is -4.60. The summed E-state index contributed by atoms with van der Waals surface area (Å²) in [5, 5.41) is 5.88. The molecule has 2 aliphatic rings. The van der Waals surface area contributed by atoms with E-state index in [1.807, 2.05) is 27.7 Å². The molecule has 200 valence electrons. The minimum Gasteiger partial charge on any atom is -0.465 e. The second-order valence-electron chi connectivity index (χ2n) is 10.4. The van der Waals surface area contributed by atoms with Crippen molar-refractivity contribution < 1.29 is 32.0 Å². The molecule has 0 bridgehead atoms. The van der Waals surface area contributed by atoms with Gasteiger partial charge >= 0.3 is 19.3 Å². The molecule has 2 aromatic rings. The van der Waals surface area contributed by atoms with Gasteiger partial charge in [0, 0.05) is 17.9 Å². The summed E-state index contributed by atoms with van der Waals surface area (Å²) in [6.45, 7) is 7.62. The molecule has 2 fully saturated rings. The van der Waals surface area contributed by atoms with E-state index in [4.69, 9.17) is 14.0 Å². The molecule has 1 aliphatic heterocycles. The van der Waals surface area contributed by atoms with E-state index in [9.17, 15) is 18.0 Å². The van der Waals surface area contributed by atoms with Crippen LogP contribution in [-0.2, 0) is 20.2 Å². The van der Waals surface area contributed by atoms with Gasteiger partial charge in [-0.1, -0.05) is 25.3 Å². The number of esters is 1. The van der Waals surface area contributed by atoms with Gasteiger partial charge in [-0.3, -0.25) is 0 Å². The highest BCUT2D eigenvalue weighted by molar-refractivity contribution is 6.63. The van der Waals surface area contributed by atoms with Gasteiger partial charge < -0.3 is 24.7 Å². The number of alkyl halides is 3. The van der Waals surface area contributed by atoms with E-state index in [2.05, 4.69) is 20.6 Å². The number of carbonyl (C=O) groups is 1. The Balaban J connectivity index is 1.63. The molecule has 1 saturated heterocycles. The van der Waals surface area contributed by atoms with Crippen LogP contribution in [0.5, 0.6) is 0 Å². The zero-order valence-electron chi connectivity index (χ0n) is 21.7. The fourth-order valence-electron chi connectivity index (χ4n) is 4.43. The number of benzene rings is 1. The zero-order chi connectivity index (χ0) is 27.0. The first-order chi connectivity index (χ1) is 17.3. The van der Waals surface area contributed by atoms with Crippen LogP contribution in [0, 0.1) is 0 Å². The number of aromatic nitrogens is 2. The molecule has 1 aromatic carbocycles. The van der Waals surface area contributed by atoms with Crippen LogP contribution < -0.4 is 16.1 Å². The third kappa shape index (κ3) is 5.85. The molecular formula is C25H32BF3N4O4. The normalized spacial score (nSPS) is 19.5. The standard InChI is InChI=1S/C25H32BF3N4O4/c1-23(2)24(3,4)37-26(36-23)19-12-11-16(13-17(19)21(34)35-5)32-22-30-14-18(25(27,28)29)20(33-22)31-15-9-7-6-8-10-15/h11-15H,6-10H2,1-5H3,(H2,30,31,32,33). The second-order valence-corrected chi connectivity index (χ2v) is 10.4. The van der Waals surface area contributed by atoms with Gasteiger partial charge in [-0.15, -0.1) is 0 Å². The average Bonchev–Trinajstić information content (AvgIpc) is 3.05. The maximum atomic E-state index is 13.6. The van der Waals surface area contributed by atoms with Gasteiger partial charge in [-0.05, 0) is 58.1 Å². The molecule has 1 saturated carbocycles. The Morgan fingerprint density at radius 1 is 1.11 bits per heavy atom. The van der Waals surface area contributed by atoms with Crippen LogP contribution in [-0.4, -0.2) is 47.4 Å². The number of rotatable bonds is 6. The molecule has 0 atom stereocenters. The predicted octanol–water partition coefficient (Wildman–Crippen LogP) is 5.07. The summed E-state index contributed by atoms with van der Waals surface area (Å²) in [4.78, 5) is 20.6. The quantitative estimate of drug-likeness (QED) is 0.403. The van der Waals surface area contributed by atoms with E-state index >= 15 is 0 Å². The molecule has 0 spiro atoms. The topological polar surface area (TPSA) is 94.6 Å². The molecule has 1 aromatic heterocycles. The van der Waals surface area contributed by atoms with Crippen LogP contribution in [0.15, 0.2) is 24.4 Å². The van der Waals surface area contributed by atoms with Crippen LogP contribution in [0.25, 0.3) is 0 Å². The van der Waals surface area contributed by atoms with Crippen LogP contribution in [0.3, 0.4) is 0 Å². The number of nitrogens with one attached hydrogen (secondary N) is 2. The van der Waals surface area contributed by atoms with E-state index in [-0.39, 0.29) is 23.4 Å². The number of anilines is 3. The summed E-state index contributed by atoms with van der Waals surface area (Å²) >= 11 is 0. The van der Waals surface area contributed by atoms with Gasteiger partial charge in [0.25, 0.3) is 0 Å². The molecular weight excluding hydrogens is 488 g/mol. The molecule has 37 heavy (non-hydrogen) atoms. The summed E-state index contributed by atoms with van der Waals surface area (Å²) in [6.07, 6.45) is 0.727. The monoisotopic (exact) mass is 520 g/mol. The maximum Gasteiger partial charge on any atom is 0.495 e. The summed E-state index contributed by atoms with van der Waals surface area (Å²) < 4.78 is 58.0. The SMILES string of the molecule is COC(=O)c1cc(Nc2ncc(C(F)(F)F)c(NC3CCCCC3)n2)ccc1B1OC(C)(C)C(C)(C)O1. The average molecular weight is 520 g/mol. The Morgan fingerprint density at radius 3 is 2.35 bits per heavy atom. The first-order valence-electron chi connectivity index (χ1n) is 12.4. The Kier molecular flexibility index (Phi) is 7.44. The lowest BCUT2D eigenvalue weighted by Crippen LogP contribution is -2.41. The molecule has 0 amide bonds. The third-order valence-electron chi connectivity index (χ3n) is 7.26. The van der Waals surface area contributed by atoms with Gasteiger partial charge in [0.1, 0.15) is 11.4 Å². The Hall–Kier alpha value is -2.86. The highest BCUT2D eigenvalue weighted by Gasteiger charge is 2.52. The molecule has 0 radical (unpaired) electrons. The van der Waals surface area contributed by atoms with Crippen molar-refractivity contribution in [2.75, 3.05) is 17.7 Å². The largest absolute Gasteiger partial charge is 0.495 e. The highest BCUT2D eigenvalue weighted by atomic mass is 19.4. The lowest BCUT2D eigenvalue weighted by molar-refractivity contribution is -0.137. The third-order valence-corrected chi connectivity index (χ3v) is 7.26. The number of carbonyl (C=O) groups excluding carboxylic acids is 1. The van der Waals surface area contributed by atoms with Crippen molar-refractivity contribution in [1.82, 2.24) is 9.97 Å². The van der Waals surface area contributed by atoms with Gasteiger partial charge in [-0.2, -0.15) is 18.2 Å². The van der Waals surface area contributed by atoms with E-state index in [1.54, 1.807) is 12.1 Å². The Morgan fingerprint density at radius 2 is 1.76 bits per heavy atom. The Labute approximate surface area is 214 Å². The summed E-state index contributed by atoms with van der Waals surface area (Å²) in [6, 6.07) is 4.74. The maximum absolute atomic E-state index is 13.6. The fraction of sp³-hybridized carbons (Fsp3) is 0.560. The van der Waals surface area contributed by atoms with Crippen molar-refractivity contribution in [2.24, 2.45) is 0 Å². The van der Waals surface area contributed by atoms with Crippen molar-refractivity contribution in [2.45, 2.75) is 83.2 Å². The van der Waals surface area contributed by atoms with E-state index in [1.165, 1.54) is 13.2 Å². The van der Waals surface area contributed by atoms with E-state index < -0.39 is 36.0 Å². The first kappa shape index (κ1) is 27.2. The lowest BCUT2D eigenvalue weighted by atomic mass is 9.75. The van der Waals surface area contributed by atoms with E-state index in [0.717, 1.165) is 38.3 Å². The van der Waals surface area contributed by atoms with Crippen molar-refractivity contribution in [3.63, 3.8) is 0 Å². The van der Waals surface area contributed by atoms with Crippen LogP contribution in [0.4, 0.5) is 30.6 Å². The summed E-state index contributed by atoms with van der Waals surface area (Å²) in [7, 11) is 0.459. The molecule has 2 N–H and O–H groups in total. The molecule has 4 rings (SSSR count). The van der Waals surface area contributed by atoms with Crippen molar-refractivity contribution in [3.05, 3.63) is 35.5 Å². The first-order valence-corrected chi connectivity index (χ1v) is 12.4. The number of ether oxygens (including phenoxy) is 1. The highest BCUT2D eigenvalue weighted by Crippen LogP contribution is 2.37. The van der Waals surface area contributed by atoms with Crippen LogP contribution in [0.2, 0.25) is 0 Å². The van der Waals surface area contributed by atoms with Gasteiger partial charge in [0.15, 0.2) is 0 Å². The number of methoxy groups -OCH3 is 1. The van der Waals surface area contributed by atoms with Gasteiger partial charge in [-0.25, -0.2) is 9.78 Å². The summed E-state index contributed by atoms with van der Waals surface area (Å²) in [5.74, 6) is -0.911. The van der Waals surface area contributed by atoms with Crippen molar-refractivity contribution >= 4 is 36.0 Å². The molecule has 12 heteroatoms. The lowest BCUT2D eigenvalue weighted by Gasteiger charge is -2.32. The number of halogens is 3. The van der Waals surface area contributed by atoms with Crippen LogP contribution in [0.1, 0.15) is 75.7 Å². The summed E-state index contributed by atoms with van der Waals surface area (Å²) in [5.41, 5.74) is -1.09. The van der Waals surface area contributed by atoms with E-state index in [0.29, 0.717) is 11.2 Å².